The number of hydrogen-bond donors (Lipinski definition) is 3. The lowest BCUT2D eigenvalue weighted by atomic mass is 9.95. The molecule has 4 atom stereocenters. The summed E-state index contributed by atoms with van der Waals surface area (Å²) in [6.45, 7) is 9.76. The van der Waals surface area contributed by atoms with Crippen LogP contribution in [0.15, 0.2) is 36.5 Å². The Morgan fingerprint density at radius 3 is 1.69 bits per heavy atom. The van der Waals surface area contributed by atoms with E-state index in [1.807, 2.05) is 20.8 Å². The highest BCUT2D eigenvalue weighted by molar-refractivity contribution is 5.90. The van der Waals surface area contributed by atoms with Gasteiger partial charge in [-0.2, -0.15) is 0 Å². The van der Waals surface area contributed by atoms with E-state index in [1.165, 1.54) is 25.7 Å². The third-order valence-corrected chi connectivity index (χ3v) is 6.63. The van der Waals surface area contributed by atoms with E-state index in [0.717, 1.165) is 32.1 Å². The fourth-order valence-corrected chi connectivity index (χ4v) is 3.71. The van der Waals surface area contributed by atoms with E-state index >= 15 is 0 Å². The van der Waals surface area contributed by atoms with E-state index in [4.69, 9.17) is 0 Å². The zero-order chi connectivity index (χ0) is 27.2. The van der Waals surface area contributed by atoms with Crippen LogP contribution in [0.4, 0.5) is 0 Å². The molecule has 0 fully saturated rings. The van der Waals surface area contributed by atoms with E-state index in [9.17, 15) is 19.5 Å². The Morgan fingerprint density at radius 1 is 0.694 bits per heavy atom. The third-order valence-electron chi connectivity index (χ3n) is 6.63. The van der Waals surface area contributed by atoms with Crippen molar-refractivity contribution in [2.24, 2.45) is 11.8 Å². The van der Waals surface area contributed by atoms with Crippen molar-refractivity contribution in [3.8, 4) is 0 Å². The quantitative estimate of drug-likeness (QED) is 0.119. The van der Waals surface area contributed by atoms with E-state index in [2.05, 4.69) is 54.0 Å². The standard InChI is InChI=1S/C30H52N2O4/c1-6-9-10-11-12-13-14-15-16-17-18-19-20-21-22-23-26(33)31-27(24(4)7-2)29(34)32-28(30(35)36)25(5)8-3/h12-13,15-16,18-19,24-25,27-28H,6-11,14,17,20-23H2,1-5H3,(H,31,33)(H,32,34)(H,35,36)/b13-12-,16-15-,19-18-/t24-,25-,27-,28-/m0/s1. The van der Waals surface area contributed by atoms with Crippen molar-refractivity contribution >= 4 is 17.8 Å². The van der Waals surface area contributed by atoms with E-state index < -0.39 is 24.0 Å². The molecule has 0 aliphatic carbocycles. The number of aliphatic carboxylic acids is 1. The van der Waals surface area contributed by atoms with Gasteiger partial charge in [-0.05, 0) is 56.8 Å². The first-order chi connectivity index (χ1) is 17.3. The first kappa shape index (κ1) is 33.6. The van der Waals surface area contributed by atoms with Crippen LogP contribution >= 0.6 is 0 Å². The Kier molecular flexibility index (Phi) is 20.4. The minimum atomic E-state index is -1.05. The lowest BCUT2D eigenvalue weighted by molar-refractivity contribution is -0.144. The molecule has 0 spiro atoms. The predicted octanol–water partition coefficient (Wildman–Crippen LogP) is 6.72. The molecule has 0 unspecified atom stereocenters. The molecule has 0 saturated carbocycles. The van der Waals surface area contributed by atoms with Crippen molar-refractivity contribution in [2.75, 3.05) is 0 Å². The maximum Gasteiger partial charge on any atom is 0.326 e. The van der Waals surface area contributed by atoms with Crippen LogP contribution in [0, 0.1) is 11.8 Å². The van der Waals surface area contributed by atoms with Gasteiger partial charge in [0.05, 0.1) is 0 Å². The number of carbonyl (C=O) groups excluding carboxylic acids is 2. The summed E-state index contributed by atoms with van der Waals surface area (Å²) in [7, 11) is 0. The van der Waals surface area contributed by atoms with Gasteiger partial charge >= 0.3 is 5.97 Å². The minimum Gasteiger partial charge on any atom is -0.480 e. The highest BCUT2D eigenvalue weighted by Gasteiger charge is 2.31. The van der Waals surface area contributed by atoms with Crippen molar-refractivity contribution in [1.82, 2.24) is 10.6 Å². The van der Waals surface area contributed by atoms with Gasteiger partial charge in [0.15, 0.2) is 0 Å². The fraction of sp³-hybridized carbons (Fsp3) is 0.700. The molecule has 206 valence electrons. The molecule has 0 heterocycles. The zero-order valence-corrected chi connectivity index (χ0v) is 23.4. The predicted molar refractivity (Wildman–Crippen MR) is 150 cm³/mol. The monoisotopic (exact) mass is 504 g/mol. The molecule has 0 aromatic carbocycles. The Hall–Kier alpha value is -2.37. The highest BCUT2D eigenvalue weighted by Crippen LogP contribution is 2.13. The van der Waals surface area contributed by atoms with Gasteiger partial charge < -0.3 is 15.7 Å². The average molecular weight is 505 g/mol. The summed E-state index contributed by atoms with van der Waals surface area (Å²) in [6, 6.07) is -1.69. The van der Waals surface area contributed by atoms with Crippen LogP contribution in [0.5, 0.6) is 0 Å². The van der Waals surface area contributed by atoms with Crippen LogP contribution in [0.2, 0.25) is 0 Å². The largest absolute Gasteiger partial charge is 0.480 e. The summed E-state index contributed by atoms with van der Waals surface area (Å²) < 4.78 is 0. The Labute approximate surface area is 220 Å². The van der Waals surface area contributed by atoms with Crippen LogP contribution in [-0.2, 0) is 14.4 Å². The van der Waals surface area contributed by atoms with Crippen LogP contribution in [0.1, 0.15) is 112 Å². The van der Waals surface area contributed by atoms with Gasteiger partial charge in [-0.3, -0.25) is 9.59 Å². The minimum absolute atomic E-state index is 0.0899. The number of carboxylic acids is 1. The van der Waals surface area contributed by atoms with Crippen LogP contribution in [-0.4, -0.2) is 35.0 Å². The van der Waals surface area contributed by atoms with Crippen LogP contribution < -0.4 is 10.6 Å². The zero-order valence-electron chi connectivity index (χ0n) is 23.4. The second-order valence-corrected chi connectivity index (χ2v) is 9.77. The van der Waals surface area contributed by atoms with Crippen molar-refractivity contribution in [3.05, 3.63) is 36.5 Å². The maximum absolute atomic E-state index is 12.8. The number of carbonyl (C=O) groups is 3. The molecule has 0 aliphatic rings. The molecular formula is C30H52N2O4. The van der Waals surface area contributed by atoms with Gasteiger partial charge in [-0.25, -0.2) is 4.79 Å². The number of nitrogens with one attached hydrogen (secondary N) is 2. The van der Waals surface area contributed by atoms with Crippen LogP contribution in [0.3, 0.4) is 0 Å². The lowest BCUT2D eigenvalue weighted by Crippen LogP contribution is -2.55. The first-order valence-corrected chi connectivity index (χ1v) is 14.1. The normalized spacial score (nSPS) is 15.2. The molecule has 36 heavy (non-hydrogen) atoms. The second kappa shape index (κ2) is 21.9. The molecule has 6 nitrogen and oxygen atoms in total. The first-order valence-electron chi connectivity index (χ1n) is 14.1. The molecule has 0 radical (unpaired) electrons. The SMILES string of the molecule is CCCCC/C=C\C/C=C\C/C=C\CCCCC(=O)N[C@H](C(=O)N[C@H](C(=O)O)[C@@H](C)CC)[C@@H](C)CC. The van der Waals surface area contributed by atoms with Crippen LogP contribution in [0.25, 0.3) is 0 Å². The number of carboxylic acid groups (broad SMARTS) is 1. The molecule has 0 rings (SSSR count). The summed E-state index contributed by atoms with van der Waals surface area (Å²) in [5.41, 5.74) is 0. The lowest BCUT2D eigenvalue weighted by Gasteiger charge is -2.27. The molecule has 0 aromatic heterocycles. The third kappa shape index (κ3) is 16.3. The number of allylic oxidation sites excluding steroid dienone is 6. The maximum atomic E-state index is 12.8. The molecule has 6 heteroatoms. The van der Waals surface area contributed by atoms with E-state index in [-0.39, 0.29) is 17.7 Å². The Balaban J connectivity index is 4.32. The number of hydrogen-bond acceptors (Lipinski definition) is 3. The number of unbranched alkanes of at least 4 members (excludes halogenated alkanes) is 5. The second-order valence-electron chi connectivity index (χ2n) is 9.77. The van der Waals surface area contributed by atoms with Crippen molar-refractivity contribution in [3.63, 3.8) is 0 Å². The smallest absolute Gasteiger partial charge is 0.326 e. The van der Waals surface area contributed by atoms with Crippen molar-refractivity contribution in [2.45, 2.75) is 124 Å². The van der Waals surface area contributed by atoms with Gasteiger partial charge in [-0.1, -0.05) is 96.8 Å². The molecule has 3 N–H and O–H groups in total. The molecule has 0 saturated heterocycles. The summed E-state index contributed by atoms with van der Waals surface area (Å²) in [5.74, 6) is -1.92. The summed E-state index contributed by atoms with van der Waals surface area (Å²) >= 11 is 0. The Bertz CT molecular complexity index is 699. The molecule has 2 amide bonds. The highest BCUT2D eigenvalue weighted by atomic mass is 16.4. The fourth-order valence-electron chi connectivity index (χ4n) is 3.71. The molecule has 0 bridgehead atoms. The van der Waals surface area contributed by atoms with Crippen molar-refractivity contribution in [1.29, 1.82) is 0 Å². The average Bonchev–Trinajstić information content (AvgIpc) is 2.86. The van der Waals surface area contributed by atoms with E-state index in [1.54, 1.807) is 6.92 Å². The topological polar surface area (TPSA) is 95.5 Å². The van der Waals surface area contributed by atoms with Gasteiger partial charge in [-0.15, -0.1) is 0 Å². The van der Waals surface area contributed by atoms with Crippen molar-refractivity contribution < 1.29 is 19.5 Å². The van der Waals surface area contributed by atoms with Gasteiger partial charge in [0, 0.05) is 6.42 Å². The summed E-state index contributed by atoms with van der Waals surface area (Å²) in [6.07, 6.45) is 24.4. The number of amides is 2. The van der Waals surface area contributed by atoms with Gasteiger partial charge in [0.25, 0.3) is 0 Å². The van der Waals surface area contributed by atoms with Gasteiger partial charge in [0.2, 0.25) is 11.8 Å². The summed E-state index contributed by atoms with van der Waals surface area (Å²) in [4.78, 5) is 36.9. The number of rotatable bonds is 21. The molecule has 0 aliphatic heterocycles. The molecule has 0 aromatic rings. The Morgan fingerprint density at radius 2 is 1.19 bits per heavy atom. The molecular weight excluding hydrogens is 452 g/mol. The summed E-state index contributed by atoms with van der Waals surface area (Å²) in [5, 5.41) is 15.0. The van der Waals surface area contributed by atoms with Gasteiger partial charge in [0.1, 0.15) is 12.1 Å². The van der Waals surface area contributed by atoms with E-state index in [0.29, 0.717) is 19.3 Å².